The van der Waals surface area contributed by atoms with E-state index in [0.29, 0.717) is 0 Å². The molecule has 0 saturated carbocycles. The molecule has 0 amide bonds. The topological polar surface area (TPSA) is 12.9 Å². The molecule has 1 aromatic heterocycles. The third-order valence-electron chi connectivity index (χ3n) is 3.45. The van der Waals surface area contributed by atoms with Crippen molar-refractivity contribution in [1.82, 2.24) is 4.98 Å². The number of aromatic nitrogens is 1. The second kappa shape index (κ2) is 7.19. The van der Waals surface area contributed by atoms with E-state index in [1.807, 2.05) is 12.4 Å². The SMILES string of the molecule is Cc1cccc(C(CBr)(CBr)Cc2cncc(Br)c2)c1. The van der Waals surface area contributed by atoms with Crippen molar-refractivity contribution in [3.8, 4) is 0 Å². The van der Waals surface area contributed by atoms with Crippen molar-refractivity contribution < 1.29 is 0 Å². The molecule has 2 rings (SSSR count). The molecule has 1 aromatic carbocycles. The summed E-state index contributed by atoms with van der Waals surface area (Å²) in [6.07, 6.45) is 4.71. The Labute approximate surface area is 145 Å². The highest BCUT2D eigenvalue weighted by Gasteiger charge is 2.30. The van der Waals surface area contributed by atoms with Gasteiger partial charge in [0.05, 0.1) is 0 Å². The van der Waals surface area contributed by atoms with Crippen LogP contribution in [0.4, 0.5) is 0 Å². The van der Waals surface area contributed by atoms with Gasteiger partial charge in [0.15, 0.2) is 0 Å². The molecule has 0 saturated heterocycles. The van der Waals surface area contributed by atoms with E-state index in [0.717, 1.165) is 21.6 Å². The van der Waals surface area contributed by atoms with E-state index in [-0.39, 0.29) is 5.41 Å². The van der Waals surface area contributed by atoms with Crippen LogP contribution in [-0.4, -0.2) is 15.6 Å². The summed E-state index contributed by atoms with van der Waals surface area (Å²) in [5.74, 6) is 0. The molecule has 0 unspecified atom stereocenters. The van der Waals surface area contributed by atoms with E-state index in [4.69, 9.17) is 0 Å². The van der Waals surface area contributed by atoms with Crippen LogP contribution >= 0.6 is 47.8 Å². The smallest absolute Gasteiger partial charge is 0.0410 e. The van der Waals surface area contributed by atoms with Crippen LogP contribution in [0, 0.1) is 6.92 Å². The maximum absolute atomic E-state index is 4.27. The number of pyridine rings is 1. The van der Waals surface area contributed by atoms with Gasteiger partial charge in [-0.15, -0.1) is 0 Å². The first-order chi connectivity index (χ1) is 9.59. The normalized spacial score (nSPS) is 11.6. The molecule has 1 heterocycles. The molecule has 0 aliphatic heterocycles. The Morgan fingerprint density at radius 3 is 2.45 bits per heavy atom. The standard InChI is InChI=1S/C16H16Br3N/c1-12-3-2-4-14(5-12)16(10-17,11-18)7-13-6-15(19)9-20-8-13/h2-6,8-9H,7,10-11H2,1H3. The van der Waals surface area contributed by atoms with Crippen molar-refractivity contribution in [2.75, 3.05) is 10.7 Å². The Hall–Kier alpha value is -0.190. The number of aryl methyl sites for hydroxylation is 1. The van der Waals surface area contributed by atoms with E-state index in [1.165, 1.54) is 16.7 Å². The fourth-order valence-corrected chi connectivity index (χ4v) is 4.69. The lowest BCUT2D eigenvalue weighted by atomic mass is 9.79. The average Bonchev–Trinajstić information content (AvgIpc) is 2.45. The highest BCUT2D eigenvalue weighted by atomic mass is 79.9. The van der Waals surface area contributed by atoms with E-state index < -0.39 is 0 Å². The first-order valence-corrected chi connectivity index (χ1v) is 9.42. The molecule has 4 heteroatoms. The Morgan fingerprint density at radius 2 is 1.85 bits per heavy atom. The predicted octanol–water partition coefficient (Wildman–Crippen LogP) is 5.42. The van der Waals surface area contributed by atoms with Gasteiger partial charge in [-0.05, 0) is 46.5 Å². The van der Waals surface area contributed by atoms with E-state index in [2.05, 4.69) is 90.0 Å². The fraction of sp³-hybridized carbons (Fsp3) is 0.312. The minimum Gasteiger partial charge on any atom is -0.263 e. The molecule has 20 heavy (non-hydrogen) atoms. The van der Waals surface area contributed by atoms with Gasteiger partial charge < -0.3 is 0 Å². The van der Waals surface area contributed by atoms with Crippen molar-refractivity contribution in [1.29, 1.82) is 0 Å². The molecule has 0 spiro atoms. The van der Waals surface area contributed by atoms with Crippen LogP contribution in [-0.2, 0) is 11.8 Å². The molecule has 0 atom stereocenters. The van der Waals surface area contributed by atoms with Crippen LogP contribution in [0.15, 0.2) is 47.2 Å². The van der Waals surface area contributed by atoms with Gasteiger partial charge in [-0.2, -0.15) is 0 Å². The molecule has 106 valence electrons. The van der Waals surface area contributed by atoms with Crippen molar-refractivity contribution in [3.63, 3.8) is 0 Å². The quantitative estimate of drug-likeness (QED) is 0.541. The third kappa shape index (κ3) is 3.71. The number of alkyl halides is 2. The van der Waals surface area contributed by atoms with Gasteiger partial charge in [-0.3, -0.25) is 4.98 Å². The number of halogens is 3. The maximum Gasteiger partial charge on any atom is 0.0410 e. The Kier molecular flexibility index (Phi) is 5.82. The summed E-state index contributed by atoms with van der Waals surface area (Å²) in [5, 5.41) is 1.81. The minimum absolute atomic E-state index is 0.0362. The lowest BCUT2D eigenvalue weighted by Gasteiger charge is -2.31. The summed E-state index contributed by atoms with van der Waals surface area (Å²) in [7, 11) is 0. The zero-order valence-corrected chi connectivity index (χ0v) is 16.0. The highest BCUT2D eigenvalue weighted by molar-refractivity contribution is 9.10. The molecule has 0 aliphatic rings. The lowest BCUT2D eigenvalue weighted by molar-refractivity contribution is 0.549. The van der Waals surface area contributed by atoms with E-state index >= 15 is 0 Å². The van der Waals surface area contributed by atoms with Gasteiger partial charge in [0.2, 0.25) is 0 Å². The lowest BCUT2D eigenvalue weighted by Crippen LogP contribution is -2.33. The Bertz CT molecular complexity index is 579. The summed E-state index contributed by atoms with van der Waals surface area (Å²) in [6.45, 7) is 2.14. The van der Waals surface area contributed by atoms with Crippen LogP contribution in [0.25, 0.3) is 0 Å². The monoisotopic (exact) mass is 459 g/mol. The number of hydrogen-bond acceptors (Lipinski definition) is 1. The molecule has 0 N–H and O–H groups in total. The largest absolute Gasteiger partial charge is 0.263 e. The zero-order valence-electron chi connectivity index (χ0n) is 11.2. The van der Waals surface area contributed by atoms with Crippen molar-refractivity contribution in [3.05, 3.63) is 63.9 Å². The fourth-order valence-electron chi connectivity index (χ4n) is 2.30. The molecule has 0 radical (unpaired) electrons. The zero-order chi connectivity index (χ0) is 14.6. The van der Waals surface area contributed by atoms with Crippen molar-refractivity contribution in [2.45, 2.75) is 18.8 Å². The van der Waals surface area contributed by atoms with E-state index in [9.17, 15) is 0 Å². The first-order valence-electron chi connectivity index (χ1n) is 6.38. The molecular formula is C16H16Br3N. The van der Waals surface area contributed by atoms with Crippen molar-refractivity contribution >= 4 is 47.8 Å². The summed E-state index contributed by atoms with van der Waals surface area (Å²) in [5.41, 5.74) is 3.92. The molecule has 2 aromatic rings. The van der Waals surface area contributed by atoms with Crippen LogP contribution in [0.5, 0.6) is 0 Å². The number of hydrogen-bond donors (Lipinski definition) is 0. The Balaban J connectivity index is 2.39. The summed E-state index contributed by atoms with van der Waals surface area (Å²) in [6, 6.07) is 10.9. The van der Waals surface area contributed by atoms with Gasteiger partial charge >= 0.3 is 0 Å². The van der Waals surface area contributed by atoms with Crippen LogP contribution in [0.1, 0.15) is 16.7 Å². The number of benzene rings is 1. The molecular weight excluding hydrogens is 446 g/mol. The third-order valence-corrected chi connectivity index (χ3v) is 6.03. The van der Waals surface area contributed by atoms with Gasteiger partial charge in [-0.1, -0.05) is 61.7 Å². The number of rotatable bonds is 5. The van der Waals surface area contributed by atoms with Gasteiger partial charge in [-0.25, -0.2) is 0 Å². The van der Waals surface area contributed by atoms with Gasteiger partial charge in [0.1, 0.15) is 0 Å². The molecule has 1 nitrogen and oxygen atoms in total. The Morgan fingerprint density at radius 1 is 1.10 bits per heavy atom. The second-order valence-electron chi connectivity index (χ2n) is 5.11. The average molecular weight is 462 g/mol. The second-order valence-corrected chi connectivity index (χ2v) is 7.14. The van der Waals surface area contributed by atoms with Crippen LogP contribution in [0.3, 0.4) is 0 Å². The van der Waals surface area contributed by atoms with Crippen LogP contribution in [0.2, 0.25) is 0 Å². The highest BCUT2D eigenvalue weighted by Crippen LogP contribution is 2.33. The van der Waals surface area contributed by atoms with Gasteiger partial charge in [0, 0.05) is 32.9 Å². The summed E-state index contributed by atoms with van der Waals surface area (Å²) < 4.78 is 1.03. The number of nitrogens with zero attached hydrogens (tertiary/aromatic N) is 1. The summed E-state index contributed by atoms with van der Waals surface area (Å²) in [4.78, 5) is 4.27. The molecule has 0 fully saturated rings. The maximum atomic E-state index is 4.27. The minimum atomic E-state index is 0.0362. The molecule has 0 aliphatic carbocycles. The van der Waals surface area contributed by atoms with Gasteiger partial charge in [0.25, 0.3) is 0 Å². The van der Waals surface area contributed by atoms with Crippen molar-refractivity contribution in [2.24, 2.45) is 0 Å². The predicted molar refractivity (Wildman–Crippen MR) is 96.1 cm³/mol. The van der Waals surface area contributed by atoms with Crippen LogP contribution < -0.4 is 0 Å². The summed E-state index contributed by atoms with van der Waals surface area (Å²) >= 11 is 10.9. The van der Waals surface area contributed by atoms with E-state index in [1.54, 1.807) is 0 Å². The molecule has 0 bridgehead atoms. The first kappa shape index (κ1) is 16.2.